The third-order valence-electron chi connectivity index (χ3n) is 2.00. The summed E-state index contributed by atoms with van der Waals surface area (Å²) in [5.41, 5.74) is 5.30. The molecule has 18 heavy (non-hydrogen) atoms. The summed E-state index contributed by atoms with van der Waals surface area (Å²) < 4.78 is 31.5. The summed E-state index contributed by atoms with van der Waals surface area (Å²) in [5.74, 6) is -1.90. The molecule has 4 nitrogen and oxygen atoms in total. The van der Waals surface area contributed by atoms with Crippen molar-refractivity contribution in [1.82, 2.24) is 5.32 Å². The minimum absolute atomic E-state index is 0.0129. The third kappa shape index (κ3) is 4.50. The van der Waals surface area contributed by atoms with Gasteiger partial charge in [0.25, 0.3) is 0 Å². The van der Waals surface area contributed by atoms with Gasteiger partial charge in [0, 0.05) is 19.3 Å². The number of hydrogen-bond acceptors (Lipinski definition) is 4. The minimum atomic E-state index is -0.762. The zero-order chi connectivity index (χ0) is 13.5. The van der Waals surface area contributed by atoms with Gasteiger partial charge in [-0.3, -0.25) is 4.79 Å². The number of benzene rings is 1. The first kappa shape index (κ1) is 14.7. The topological polar surface area (TPSA) is 64.3 Å². The van der Waals surface area contributed by atoms with Crippen molar-refractivity contribution >= 4 is 23.4 Å². The molecule has 0 saturated heterocycles. The number of ether oxygens (including phenoxy) is 1. The van der Waals surface area contributed by atoms with Crippen LogP contribution in [0.5, 0.6) is 0 Å². The first-order valence-electron chi connectivity index (χ1n) is 5.17. The molecular formula is C11H14F2N2O2S. The van der Waals surface area contributed by atoms with Gasteiger partial charge in [-0.15, -0.1) is 11.8 Å². The highest BCUT2D eigenvalue weighted by Crippen LogP contribution is 2.26. The standard InChI is InChI=1S/C11H14F2N2O2S/c1-17-3-2-15-10(16)6-18-11-8(12)4-7(14)5-9(11)13/h4-5H,2-3,6,14H2,1H3,(H,15,16). The number of nitrogen functional groups attached to an aromatic ring is 1. The van der Waals surface area contributed by atoms with Gasteiger partial charge in [-0.25, -0.2) is 8.78 Å². The van der Waals surface area contributed by atoms with Crippen LogP contribution in [0.3, 0.4) is 0 Å². The van der Waals surface area contributed by atoms with E-state index in [0.717, 1.165) is 23.9 Å². The number of nitrogens with one attached hydrogen (secondary N) is 1. The summed E-state index contributed by atoms with van der Waals surface area (Å²) in [7, 11) is 1.51. The largest absolute Gasteiger partial charge is 0.399 e. The maximum absolute atomic E-state index is 13.4. The van der Waals surface area contributed by atoms with Crippen molar-refractivity contribution in [2.75, 3.05) is 31.7 Å². The molecule has 1 amide bonds. The Morgan fingerprint density at radius 2 is 2.06 bits per heavy atom. The molecule has 0 aliphatic carbocycles. The highest BCUT2D eigenvalue weighted by Gasteiger charge is 2.12. The van der Waals surface area contributed by atoms with E-state index in [1.165, 1.54) is 7.11 Å². The second kappa shape index (κ2) is 7.17. The van der Waals surface area contributed by atoms with E-state index < -0.39 is 11.6 Å². The van der Waals surface area contributed by atoms with E-state index in [1.807, 2.05) is 0 Å². The SMILES string of the molecule is COCCNC(=O)CSc1c(F)cc(N)cc1F. The van der Waals surface area contributed by atoms with E-state index in [1.54, 1.807) is 0 Å². The Bertz CT molecular complexity index is 406. The molecule has 1 aromatic carbocycles. The van der Waals surface area contributed by atoms with Gasteiger partial charge in [0.15, 0.2) is 0 Å². The molecule has 0 unspecified atom stereocenters. The van der Waals surface area contributed by atoms with Crippen molar-refractivity contribution in [3.05, 3.63) is 23.8 Å². The number of thioether (sulfide) groups is 1. The van der Waals surface area contributed by atoms with Crippen molar-refractivity contribution in [3.63, 3.8) is 0 Å². The summed E-state index contributed by atoms with van der Waals surface area (Å²) in [6.07, 6.45) is 0. The predicted molar refractivity (Wildman–Crippen MR) is 66.4 cm³/mol. The predicted octanol–water partition coefficient (Wildman–Crippen LogP) is 1.40. The number of hydrogen-bond donors (Lipinski definition) is 2. The lowest BCUT2D eigenvalue weighted by Crippen LogP contribution is -2.28. The van der Waals surface area contributed by atoms with Crippen LogP contribution in [0, 0.1) is 11.6 Å². The lowest BCUT2D eigenvalue weighted by molar-refractivity contribution is -0.118. The Labute approximate surface area is 108 Å². The molecule has 0 aromatic heterocycles. The first-order valence-corrected chi connectivity index (χ1v) is 6.16. The highest BCUT2D eigenvalue weighted by molar-refractivity contribution is 8.00. The van der Waals surface area contributed by atoms with Crippen LogP contribution in [0.1, 0.15) is 0 Å². The zero-order valence-corrected chi connectivity index (χ0v) is 10.7. The van der Waals surface area contributed by atoms with Gasteiger partial charge in [-0.05, 0) is 12.1 Å². The quantitative estimate of drug-likeness (QED) is 0.468. The van der Waals surface area contributed by atoms with Crippen LogP contribution < -0.4 is 11.1 Å². The van der Waals surface area contributed by atoms with E-state index in [-0.39, 0.29) is 22.2 Å². The number of anilines is 1. The second-order valence-corrected chi connectivity index (χ2v) is 4.43. The average molecular weight is 276 g/mol. The molecule has 1 rings (SSSR count). The molecule has 1 aromatic rings. The van der Waals surface area contributed by atoms with Gasteiger partial charge >= 0.3 is 0 Å². The van der Waals surface area contributed by atoms with Crippen LogP contribution >= 0.6 is 11.8 Å². The van der Waals surface area contributed by atoms with Crippen LogP contribution in [-0.2, 0) is 9.53 Å². The maximum atomic E-state index is 13.4. The molecule has 7 heteroatoms. The van der Waals surface area contributed by atoms with Crippen LogP contribution in [0.4, 0.5) is 14.5 Å². The van der Waals surface area contributed by atoms with Crippen molar-refractivity contribution < 1.29 is 18.3 Å². The van der Waals surface area contributed by atoms with Crippen LogP contribution in [0.15, 0.2) is 17.0 Å². The molecule has 0 heterocycles. The lowest BCUT2D eigenvalue weighted by atomic mass is 10.3. The van der Waals surface area contributed by atoms with E-state index in [9.17, 15) is 13.6 Å². The number of carbonyl (C=O) groups excluding carboxylic acids is 1. The fraction of sp³-hybridized carbons (Fsp3) is 0.364. The Hall–Kier alpha value is -1.34. The van der Waals surface area contributed by atoms with Gasteiger partial charge in [0.05, 0.1) is 17.3 Å². The van der Waals surface area contributed by atoms with Gasteiger partial charge in [0.1, 0.15) is 11.6 Å². The summed E-state index contributed by atoms with van der Waals surface area (Å²) in [6.45, 7) is 0.754. The molecule has 0 spiro atoms. The Balaban J connectivity index is 2.51. The highest BCUT2D eigenvalue weighted by atomic mass is 32.2. The molecule has 0 saturated carbocycles. The van der Waals surface area contributed by atoms with Crippen molar-refractivity contribution in [2.24, 2.45) is 0 Å². The molecule has 0 bridgehead atoms. The normalized spacial score (nSPS) is 10.4. The van der Waals surface area contributed by atoms with Crippen molar-refractivity contribution in [3.8, 4) is 0 Å². The number of halogens is 2. The summed E-state index contributed by atoms with van der Waals surface area (Å²) in [6, 6.07) is 2.04. The van der Waals surface area contributed by atoms with Crippen molar-refractivity contribution in [2.45, 2.75) is 4.90 Å². The molecule has 0 radical (unpaired) electrons. The fourth-order valence-corrected chi connectivity index (χ4v) is 1.97. The molecule has 100 valence electrons. The number of carbonyl (C=O) groups is 1. The number of amides is 1. The molecule has 0 atom stereocenters. The number of rotatable bonds is 6. The van der Waals surface area contributed by atoms with Crippen molar-refractivity contribution in [1.29, 1.82) is 0 Å². The lowest BCUT2D eigenvalue weighted by Gasteiger charge is -2.06. The minimum Gasteiger partial charge on any atom is -0.399 e. The second-order valence-electron chi connectivity index (χ2n) is 3.45. The zero-order valence-electron chi connectivity index (χ0n) is 9.83. The monoisotopic (exact) mass is 276 g/mol. The van der Waals surface area contributed by atoms with Crippen LogP contribution in [-0.4, -0.2) is 31.9 Å². The van der Waals surface area contributed by atoms with E-state index >= 15 is 0 Å². The fourth-order valence-electron chi connectivity index (χ4n) is 1.20. The molecular weight excluding hydrogens is 262 g/mol. The van der Waals surface area contributed by atoms with Crippen LogP contribution in [0.25, 0.3) is 0 Å². The third-order valence-corrected chi connectivity index (χ3v) is 3.08. The number of methoxy groups -OCH3 is 1. The van der Waals surface area contributed by atoms with E-state index in [2.05, 4.69) is 5.32 Å². The summed E-state index contributed by atoms with van der Waals surface area (Å²) in [4.78, 5) is 11.1. The van der Waals surface area contributed by atoms with Gasteiger partial charge in [-0.1, -0.05) is 0 Å². The Kier molecular flexibility index (Phi) is 5.87. The van der Waals surface area contributed by atoms with Crippen LogP contribution in [0.2, 0.25) is 0 Å². The molecule has 0 fully saturated rings. The first-order chi connectivity index (χ1) is 8.54. The summed E-state index contributed by atoms with van der Waals surface area (Å²) in [5, 5.41) is 2.55. The molecule has 3 N–H and O–H groups in total. The molecule has 0 aliphatic rings. The van der Waals surface area contributed by atoms with E-state index in [0.29, 0.717) is 13.2 Å². The summed E-state index contributed by atoms with van der Waals surface area (Å²) >= 11 is 0.790. The van der Waals surface area contributed by atoms with E-state index in [4.69, 9.17) is 10.5 Å². The Morgan fingerprint density at radius 3 is 2.61 bits per heavy atom. The number of nitrogens with two attached hydrogens (primary N) is 1. The molecule has 0 aliphatic heterocycles. The van der Waals surface area contributed by atoms with Gasteiger partial charge < -0.3 is 15.8 Å². The maximum Gasteiger partial charge on any atom is 0.230 e. The van der Waals surface area contributed by atoms with Gasteiger partial charge in [0.2, 0.25) is 5.91 Å². The smallest absolute Gasteiger partial charge is 0.230 e. The average Bonchev–Trinajstić information content (AvgIpc) is 2.27. The van der Waals surface area contributed by atoms with Gasteiger partial charge in [-0.2, -0.15) is 0 Å². The Morgan fingerprint density at radius 1 is 1.44 bits per heavy atom.